The standard InChI is InChI=1S/C12H16OS/c1-3-12(13)10(2)9-14-11-7-5-4-6-8-11/h4-8,10H,3,9H2,1-2H3. The minimum atomic E-state index is 0.171. The van der Waals surface area contributed by atoms with Crippen molar-refractivity contribution in [3.8, 4) is 0 Å². The Bertz CT molecular complexity index is 282. The van der Waals surface area contributed by atoms with E-state index in [0.29, 0.717) is 12.2 Å². The van der Waals surface area contributed by atoms with Gasteiger partial charge in [0.25, 0.3) is 0 Å². The Hall–Kier alpha value is -0.760. The number of hydrogen-bond donors (Lipinski definition) is 0. The molecule has 2 heteroatoms. The highest BCUT2D eigenvalue weighted by Crippen LogP contribution is 2.20. The van der Waals surface area contributed by atoms with Crippen molar-refractivity contribution in [1.82, 2.24) is 0 Å². The summed E-state index contributed by atoms with van der Waals surface area (Å²) < 4.78 is 0. The summed E-state index contributed by atoms with van der Waals surface area (Å²) in [4.78, 5) is 12.6. The van der Waals surface area contributed by atoms with Crippen LogP contribution >= 0.6 is 11.8 Å². The first-order valence-corrected chi connectivity index (χ1v) is 5.93. The zero-order chi connectivity index (χ0) is 10.4. The fraction of sp³-hybridized carbons (Fsp3) is 0.417. The molecule has 0 bridgehead atoms. The van der Waals surface area contributed by atoms with Crippen LogP contribution in [0.25, 0.3) is 0 Å². The van der Waals surface area contributed by atoms with Gasteiger partial charge >= 0.3 is 0 Å². The van der Waals surface area contributed by atoms with Gasteiger partial charge in [0.15, 0.2) is 0 Å². The van der Waals surface area contributed by atoms with Crippen LogP contribution in [0.2, 0.25) is 0 Å². The summed E-state index contributed by atoms with van der Waals surface area (Å²) >= 11 is 1.75. The first kappa shape index (κ1) is 11.3. The van der Waals surface area contributed by atoms with Crippen LogP contribution in [0.4, 0.5) is 0 Å². The second-order valence-electron chi connectivity index (χ2n) is 3.34. The third kappa shape index (κ3) is 3.54. The molecule has 0 aliphatic rings. The summed E-state index contributed by atoms with van der Waals surface area (Å²) in [6, 6.07) is 10.2. The van der Waals surface area contributed by atoms with E-state index in [2.05, 4.69) is 12.1 Å². The van der Waals surface area contributed by atoms with Gasteiger partial charge in [0.05, 0.1) is 0 Å². The van der Waals surface area contributed by atoms with Crippen LogP contribution in [-0.2, 0) is 4.79 Å². The highest BCUT2D eigenvalue weighted by atomic mass is 32.2. The molecule has 0 radical (unpaired) electrons. The van der Waals surface area contributed by atoms with Crippen molar-refractivity contribution in [3.63, 3.8) is 0 Å². The smallest absolute Gasteiger partial charge is 0.136 e. The summed E-state index contributed by atoms with van der Waals surface area (Å²) in [5, 5.41) is 0. The van der Waals surface area contributed by atoms with E-state index in [1.165, 1.54) is 4.90 Å². The number of carbonyl (C=O) groups is 1. The second kappa shape index (κ2) is 5.86. The molecule has 0 heterocycles. The van der Waals surface area contributed by atoms with Crippen LogP contribution in [0.3, 0.4) is 0 Å². The Labute approximate surface area is 89.9 Å². The van der Waals surface area contributed by atoms with Gasteiger partial charge in [0, 0.05) is 23.0 Å². The molecule has 1 unspecified atom stereocenters. The monoisotopic (exact) mass is 208 g/mol. The molecule has 1 aromatic rings. The molecular weight excluding hydrogens is 192 g/mol. The van der Waals surface area contributed by atoms with Crippen LogP contribution in [-0.4, -0.2) is 11.5 Å². The van der Waals surface area contributed by atoms with Gasteiger partial charge in [-0.3, -0.25) is 4.79 Å². The van der Waals surface area contributed by atoms with Crippen molar-refractivity contribution in [2.24, 2.45) is 5.92 Å². The Morgan fingerprint density at radius 3 is 2.57 bits per heavy atom. The molecule has 1 nitrogen and oxygen atoms in total. The lowest BCUT2D eigenvalue weighted by Gasteiger charge is -2.07. The Balaban J connectivity index is 2.38. The first-order valence-electron chi connectivity index (χ1n) is 4.94. The first-order chi connectivity index (χ1) is 6.74. The predicted octanol–water partition coefficient (Wildman–Crippen LogP) is 3.39. The maximum Gasteiger partial charge on any atom is 0.136 e. The van der Waals surface area contributed by atoms with Crippen molar-refractivity contribution in [3.05, 3.63) is 30.3 Å². The molecule has 0 saturated heterocycles. The third-order valence-electron chi connectivity index (χ3n) is 2.14. The SMILES string of the molecule is CCC(=O)C(C)CSc1ccccc1. The molecular formula is C12H16OS. The largest absolute Gasteiger partial charge is 0.299 e. The number of benzene rings is 1. The normalized spacial score (nSPS) is 12.4. The highest BCUT2D eigenvalue weighted by Gasteiger charge is 2.10. The molecule has 14 heavy (non-hydrogen) atoms. The molecule has 0 spiro atoms. The van der Waals surface area contributed by atoms with E-state index in [1.807, 2.05) is 32.0 Å². The van der Waals surface area contributed by atoms with Crippen molar-refractivity contribution < 1.29 is 4.79 Å². The van der Waals surface area contributed by atoms with Gasteiger partial charge in [-0.15, -0.1) is 11.8 Å². The van der Waals surface area contributed by atoms with Gasteiger partial charge in [-0.05, 0) is 12.1 Å². The number of Topliss-reactive ketones (excluding diaryl/α,β-unsaturated/α-hetero) is 1. The predicted molar refractivity (Wildman–Crippen MR) is 61.6 cm³/mol. The Morgan fingerprint density at radius 1 is 1.36 bits per heavy atom. The molecule has 0 aliphatic carbocycles. The average Bonchev–Trinajstić information content (AvgIpc) is 2.26. The molecule has 0 fully saturated rings. The second-order valence-corrected chi connectivity index (χ2v) is 4.44. The van der Waals surface area contributed by atoms with Gasteiger partial charge in [-0.2, -0.15) is 0 Å². The number of rotatable bonds is 5. The molecule has 0 saturated carbocycles. The zero-order valence-corrected chi connectivity index (χ0v) is 9.51. The van der Waals surface area contributed by atoms with E-state index in [1.54, 1.807) is 11.8 Å². The van der Waals surface area contributed by atoms with Gasteiger partial charge < -0.3 is 0 Å². The lowest BCUT2D eigenvalue weighted by molar-refractivity contribution is -0.121. The van der Waals surface area contributed by atoms with Crippen molar-refractivity contribution in [2.75, 3.05) is 5.75 Å². The summed E-state index contributed by atoms with van der Waals surface area (Å²) in [5.74, 6) is 1.41. The quantitative estimate of drug-likeness (QED) is 0.690. The fourth-order valence-electron chi connectivity index (χ4n) is 1.18. The van der Waals surface area contributed by atoms with Gasteiger partial charge in [0.1, 0.15) is 5.78 Å². The van der Waals surface area contributed by atoms with E-state index in [9.17, 15) is 4.79 Å². The van der Waals surface area contributed by atoms with E-state index in [4.69, 9.17) is 0 Å². The van der Waals surface area contributed by atoms with Crippen molar-refractivity contribution in [2.45, 2.75) is 25.2 Å². The van der Waals surface area contributed by atoms with Crippen LogP contribution in [0.5, 0.6) is 0 Å². The third-order valence-corrected chi connectivity index (χ3v) is 3.41. The van der Waals surface area contributed by atoms with Crippen LogP contribution in [0, 0.1) is 5.92 Å². The van der Waals surface area contributed by atoms with E-state index < -0.39 is 0 Å². The summed E-state index contributed by atoms with van der Waals surface area (Å²) in [7, 11) is 0. The topological polar surface area (TPSA) is 17.1 Å². The molecule has 0 aliphatic heterocycles. The van der Waals surface area contributed by atoms with Crippen LogP contribution in [0.15, 0.2) is 35.2 Å². The highest BCUT2D eigenvalue weighted by molar-refractivity contribution is 7.99. The van der Waals surface area contributed by atoms with Crippen molar-refractivity contribution >= 4 is 17.5 Å². The van der Waals surface area contributed by atoms with Gasteiger partial charge in [0.2, 0.25) is 0 Å². The van der Waals surface area contributed by atoms with Crippen LogP contribution < -0.4 is 0 Å². The Morgan fingerprint density at radius 2 is 2.00 bits per heavy atom. The molecule has 1 rings (SSSR count). The lowest BCUT2D eigenvalue weighted by atomic mass is 10.1. The number of hydrogen-bond acceptors (Lipinski definition) is 2. The maximum absolute atomic E-state index is 11.3. The average molecular weight is 208 g/mol. The van der Waals surface area contributed by atoms with E-state index >= 15 is 0 Å². The molecule has 1 atom stereocenters. The molecule has 76 valence electrons. The minimum Gasteiger partial charge on any atom is -0.299 e. The molecule has 1 aromatic carbocycles. The number of ketones is 1. The fourth-order valence-corrected chi connectivity index (χ4v) is 2.16. The van der Waals surface area contributed by atoms with E-state index in [0.717, 1.165) is 5.75 Å². The summed E-state index contributed by atoms with van der Waals surface area (Å²) in [6.45, 7) is 3.92. The minimum absolute atomic E-state index is 0.171. The molecule has 0 aromatic heterocycles. The molecule has 0 amide bonds. The summed E-state index contributed by atoms with van der Waals surface area (Å²) in [6.07, 6.45) is 0.649. The number of thioether (sulfide) groups is 1. The zero-order valence-electron chi connectivity index (χ0n) is 8.69. The molecule has 0 N–H and O–H groups in total. The van der Waals surface area contributed by atoms with Crippen molar-refractivity contribution in [1.29, 1.82) is 0 Å². The van der Waals surface area contributed by atoms with E-state index in [-0.39, 0.29) is 5.92 Å². The summed E-state index contributed by atoms with van der Waals surface area (Å²) in [5.41, 5.74) is 0. The Kier molecular flexibility index (Phi) is 4.74. The number of carbonyl (C=O) groups excluding carboxylic acids is 1. The van der Waals surface area contributed by atoms with Crippen LogP contribution in [0.1, 0.15) is 20.3 Å². The maximum atomic E-state index is 11.3. The van der Waals surface area contributed by atoms with Gasteiger partial charge in [-0.1, -0.05) is 32.0 Å². The van der Waals surface area contributed by atoms with Gasteiger partial charge in [-0.25, -0.2) is 0 Å². The lowest BCUT2D eigenvalue weighted by Crippen LogP contribution is -2.11.